The molecule has 5 atom stereocenters. The van der Waals surface area contributed by atoms with Crippen molar-refractivity contribution in [1.82, 2.24) is 0 Å². The maximum atomic E-state index is 10.7. The fourth-order valence-corrected chi connectivity index (χ4v) is 6.18. The molecule has 4 rings (SSSR count). The first kappa shape index (κ1) is 13.8. The van der Waals surface area contributed by atoms with Crippen LogP contribution in [0.1, 0.15) is 68.9 Å². The molecule has 1 N–H and O–H groups in total. The highest BCUT2D eigenvalue weighted by atomic mass is 16.3. The molecule has 1 heteroatoms. The fourth-order valence-electron chi connectivity index (χ4n) is 6.18. The lowest BCUT2D eigenvalue weighted by molar-refractivity contribution is -0.0432. The average molecular weight is 283 g/mol. The highest BCUT2D eigenvalue weighted by Gasteiger charge is 2.56. The van der Waals surface area contributed by atoms with Crippen molar-refractivity contribution in [3.63, 3.8) is 0 Å². The monoisotopic (exact) mass is 283 g/mol. The lowest BCUT2D eigenvalue weighted by Gasteiger charge is -2.51. The summed E-state index contributed by atoms with van der Waals surface area (Å²) in [7, 11) is 0. The number of benzene rings is 1. The Balaban J connectivity index is 1.69. The standard InChI is InChI=1S/C20H27O/c1-2-12-20-13-11-16-15-6-4-3-5-14(15)7-8-17(16)18(20)9-10-19(20)21/h4-6,16-19,21H,2,7-13H2,1H3/t16-,17-,18+,19+,20+/m1/s1. The summed E-state index contributed by atoms with van der Waals surface area (Å²) in [4.78, 5) is 0. The Bertz CT molecular complexity index is 522. The maximum Gasteiger partial charge on any atom is 0.0599 e. The SMILES string of the molecule is CCC[C@]12CC[C@@H]3c4cc[c]cc4CC[C@H]3[C@@H]1CC[C@@H]2O. The molecule has 0 aromatic heterocycles. The Morgan fingerprint density at radius 2 is 2.19 bits per heavy atom. The molecule has 1 radical (unpaired) electrons. The Morgan fingerprint density at radius 3 is 3.05 bits per heavy atom. The van der Waals surface area contributed by atoms with Gasteiger partial charge in [-0.15, -0.1) is 0 Å². The molecule has 0 spiro atoms. The lowest BCUT2D eigenvalue weighted by Crippen LogP contribution is -2.45. The third-order valence-corrected chi connectivity index (χ3v) is 6.96. The van der Waals surface area contributed by atoms with Crippen LogP contribution in [0.3, 0.4) is 0 Å². The van der Waals surface area contributed by atoms with Crippen molar-refractivity contribution in [3.05, 3.63) is 35.4 Å². The molecule has 2 fully saturated rings. The van der Waals surface area contributed by atoms with Crippen LogP contribution in [0.25, 0.3) is 0 Å². The number of fused-ring (bicyclic) bond motifs is 5. The number of rotatable bonds is 2. The van der Waals surface area contributed by atoms with E-state index < -0.39 is 0 Å². The van der Waals surface area contributed by atoms with E-state index in [1.54, 1.807) is 11.1 Å². The smallest absolute Gasteiger partial charge is 0.0599 e. The third-order valence-electron chi connectivity index (χ3n) is 6.96. The van der Waals surface area contributed by atoms with Crippen LogP contribution in [0.4, 0.5) is 0 Å². The molecule has 0 heterocycles. The zero-order valence-corrected chi connectivity index (χ0v) is 13.1. The van der Waals surface area contributed by atoms with E-state index in [1.165, 1.54) is 44.9 Å². The predicted octanol–water partition coefficient (Wildman–Crippen LogP) is 4.48. The first-order chi connectivity index (χ1) is 10.3. The van der Waals surface area contributed by atoms with Crippen LogP contribution in [0.5, 0.6) is 0 Å². The summed E-state index contributed by atoms with van der Waals surface area (Å²) in [5.41, 5.74) is 3.41. The molecule has 0 bridgehead atoms. The van der Waals surface area contributed by atoms with E-state index in [0.29, 0.717) is 0 Å². The van der Waals surface area contributed by atoms with Gasteiger partial charge in [0, 0.05) is 0 Å². The van der Waals surface area contributed by atoms with E-state index in [1.807, 2.05) is 0 Å². The number of aliphatic hydroxyl groups is 1. The minimum atomic E-state index is -0.0334. The average Bonchev–Trinajstić information content (AvgIpc) is 2.85. The van der Waals surface area contributed by atoms with Gasteiger partial charge in [0.1, 0.15) is 0 Å². The molecule has 3 aliphatic rings. The molecule has 0 unspecified atom stereocenters. The number of aliphatic hydroxyl groups excluding tert-OH is 1. The molecule has 0 aliphatic heterocycles. The Kier molecular flexibility index (Phi) is 3.37. The van der Waals surface area contributed by atoms with E-state index in [4.69, 9.17) is 0 Å². The largest absolute Gasteiger partial charge is 0.393 e. The van der Waals surface area contributed by atoms with Crippen LogP contribution >= 0.6 is 0 Å². The molecule has 1 aromatic carbocycles. The molecule has 3 aliphatic carbocycles. The van der Waals surface area contributed by atoms with Crippen molar-refractivity contribution in [2.24, 2.45) is 17.3 Å². The van der Waals surface area contributed by atoms with Gasteiger partial charge >= 0.3 is 0 Å². The molecule has 21 heavy (non-hydrogen) atoms. The zero-order valence-electron chi connectivity index (χ0n) is 13.1. The van der Waals surface area contributed by atoms with Gasteiger partial charge in [-0.3, -0.25) is 0 Å². The second-order valence-corrected chi connectivity index (χ2v) is 7.66. The molecular formula is C20H27O. The summed E-state index contributed by atoms with van der Waals surface area (Å²) in [6.45, 7) is 2.29. The van der Waals surface area contributed by atoms with Gasteiger partial charge in [0.15, 0.2) is 0 Å². The molecule has 1 aromatic rings. The van der Waals surface area contributed by atoms with Crippen molar-refractivity contribution < 1.29 is 5.11 Å². The summed E-state index contributed by atoms with van der Waals surface area (Å²) in [5, 5.41) is 10.7. The van der Waals surface area contributed by atoms with Gasteiger partial charge in [-0.2, -0.15) is 0 Å². The Hall–Kier alpha value is -0.820. The number of aryl methyl sites for hydroxylation is 1. The van der Waals surface area contributed by atoms with E-state index in [0.717, 1.165) is 24.2 Å². The zero-order chi connectivity index (χ0) is 14.4. The van der Waals surface area contributed by atoms with Crippen molar-refractivity contribution in [2.45, 2.75) is 70.3 Å². The van der Waals surface area contributed by atoms with Crippen LogP contribution in [0, 0.1) is 23.3 Å². The second-order valence-electron chi connectivity index (χ2n) is 7.66. The minimum absolute atomic E-state index is 0.0334. The van der Waals surface area contributed by atoms with Gasteiger partial charge in [-0.25, -0.2) is 0 Å². The van der Waals surface area contributed by atoms with Gasteiger partial charge in [-0.05, 0) is 85.3 Å². The highest BCUT2D eigenvalue weighted by Crippen LogP contribution is 2.62. The summed E-state index contributed by atoms with van der Waals surface area (Å²) in [6.07, 6.45) is 9.81. The summed E-state index contributed by atoms with van der Waals surface area (Å²) in [5.74, 6) is 2.34. The molecule has 0 amide bonds. The maximum absolute atomic E-state index is 10.7. The lowest BCUT2D eigenvalue weighted by atomic mass is 9.53. The van der Waals surface area contributed by atoms with E-state index >= 15 is 0 Å². The first-order valence-electron chi connectivity index (χ1n) is 8.93. The number of hydrogen-bond acceptors (Lipinski definition) is 1. The third kappa shape index (κ3) is 1.93. The quantitative estimate of drug-likeness (QED) is 0.848. The first-order valence-corrected chi connectivity index (χ1v) is 8.93. The summed E-state index contributed by atoms with van der Waals surface area (Å²) in [6, 6.07) is 9.89. The fraction of sp³-hybridized carbons (Fsp3) is 0.700. The molecular weight excluding hydrogens is 256 g/mol. The van der Waals surface area contributed by atoms with Gasteiger partial charge in [0.05, 0.1) is 6.10 Å². The van der Waals surface area contributed by atoms with Crippen LogP contribution in [-0.2, 0) is 6.42 Å². The van der Waals surface area contributed by atoms with Crippen molar-refractivity contribution >= 4 is 0 Å². The Morgan fingerprint density at radius 1 is 1.29 bits per heavy atom. The van der Waals surface area contributed by atoms with Gasteiger partial charge in [0.25, 0.3) is 0 Å². The topological polar surface area (TPSA) is 20.2 Å². The normalized spacial score (nSPS) is 41.2. The van der Waals surface area contributed by atoms with Crippen LogP contribution in [-0.4, -0.2) is 11.2 Å². The predicted molar refractivity (Wildman–Crippen MR) is 85.1 cm³/mol. The van der Waals surface area contributed by atoms with E-state index in [-0.39, 0.29) is 11.5 Å². The highest BCUT2D eigenvalue weighted by molar-refractivity contribution is 5.34. The summed E-state index contributed by atoms with van der Waals surface area (Å²) < 4.78 is 0. The van der Waals surface area contributed by atoms with Gasteiger partial charge < -0.3 is 5.11 Å². The molecule has 2 saturated carbocycles. The van der Waals surface area contributed by atoms with Crippen LogP contribution in [0.15, 0.2) is 18.2 Å². The summed E-state index contributed by atoms with van der Waals surface area (Å²) >= 11 is 0. The number of hydrogen-bond donors (Lipinski definition) is 1. The van der Waals surface area contributed by atoms with E-state index in [2.05, 4.69) is 31.2 Å². The van der Waals surface area contributed by atoms with Gasteiger partial charge in [-0.1, -0.05) is 31.5 Å². The van der Waals surface area contributed by atoms with Crippen molar-refractivity contribution in [3.8, 4) is 0 Å². The van der Waals surface area contributed by atoms with Crippen LogP contribution < -0.4 is 0 Å². The molecule has 113 valence electrons. The van der Waals surface area contributed by atoms with Crippen molar-refractivity contribution in [2.75, 3.05) is 0 Å². The second kappa shape index (κ2) is 5.12. The van der Waals surface area contributed by atoms with Crippen molar-refractivity contribution in [1.29, 1.82) is 0 Å². The van der Waals surface area contributed by atoms with E-state index in [9.17, 15) is 5.11 Å². The van der Waals surface area contributed by atoms with Gasteiger partial charge in [0.2, 0.25) is 0 Å². The molecule has 1 nitrogen and oxygen atoms in total. The Labute approximate surface area is 128 Å². The molecule has 0 saturated heterocycles. The minimum Gasteiger partial charge on any atom is -0.393 e. The van der Waals surface area contributed by atoms with Crippen LogP contribution in [0.2, 0.25) is 0 Å².